The first-order chi connectivity index (χ1) is 7.63. The molecule has 2 N–H and O–H groups in total. The average molecular weight is 261 g/mol. The van der Waals surface area contributed by atoms with E-state index in [1.807, 2.05) is 13.0 Å². The maximum atomic E-state index is 11.1. The molecular weight excluding hydrogens is 247 g/mol. The summed E-state index contributed by atoms with van der Waals surface area (Å²) < 4.78 is 0. The molecule has 1 rings (SSSR count). The fraction of sp³-hybridized carbons (Fsp3) is 0.364. The summed E-state index contributed by atoms with van der Waals surface area (Å²) in [7, 11) is 0. The van der Waals surface area contributed by atoms with Crippen LogP contribution < -0.4 is 10.6 Å². The van der Waals surface area contributed by atoms with Crippen LogP contribution in [0, 0.1) is 0 Å². The van der Waals surface area contributed by atoms with Crippen LogP contribution in [0.15, 0.2) is 18.2 Å². The quantitative estimate of drug-likeness (QED) is 0.853. The number of amides is 1. The fourth-order valence-corrected chi connectivity index (χ4v) is 1.55. The van der Waals surface area contributed by atoms with Gasteiger partial charge in [0, 0.05) is 13.1 Å². The van der Waals surface area contributed by atoms with Crippen molar-refractivity contribution in [3.05, 3.63) is 33.8 Å². The van der Waals surface area contributed by atoms with Crippen molar-refractivity contribution in [3.63, 3.8) is 0 Å². The summed E-state index contributed by atoms with van der Waals surface area (Å²) in [6.45, 7) is 3.42. The number of hydrogen-bond donors (Lipinski definition) is 2. The van der Waals surface area contributed by atoms with Crippen LogP contribution >= 0.6 is 23.2 Å². The van der Waals surface area contributed by atoms with Gasteiger partial charge in [-0.15, -0.1) is 0 Å². The normalized spacial score (nSPS) is 10.2. The molecule has 0 aliphatic heterocycles. The van der Waals surface area contributed by atoms with Crippen molar-refractivity contribution in [2.75, 3.05) is 13.1 Å². The highest BCUT2D eigenvalue weighted by Crippen LogP contribution is 2.22. The zero-order chi connectivity index (χ0) is 12.0. The van der Waals surface area contributed by atoms with Gasteiger partial charge in [0.1, 0.15) is 0 Å². The number of carbonyl (C=O) groups is 1. The van der Waals surface area contributed by atoms with Crippen LogP contribution in [0.2, 0.25) is 10.0 Å². The van der Waals surface area contributed by atoms with Crippen LogP contribution in [0.5, 0.6) is 0 Å². The first-order valence-electron chi connectivity index (χ1n) is 5.04. The maximum Gasteiger partial charge on any atom is 0.233 e. The first-order valence-corrected chi connectivity index (χ1v) is 5.80. The Morgan fingerprint density at radius 1 is 1.31 bits per heavy atom. The van der Waals surface area contributed by atoms with E-state index in [1.54, 1.807) is 12.1 Å². The molecule has 1 aromatic rings. The molecule has 0 aliphatic carbocycles. The van der Waals surface area contributed by atoms with Gasteiger partial charge in [0.2, 0.25) is 5.91 Å². The highest BCUT2D eigenvalue weighted by atomic mass is 35.5. The summed E-state index contributed by atoms with van der Waals surface area (Å²) in [6, 6.07) is 5.40. The molecule has 1 aromatic carbocycles. The van der Waals surface area contributed by atoms with Crippen molar-refractivity contribution < 1.29 is 4.79 Å². The fourth-order valence-electron chi connectivity index (χ4n) is 1.23. The van der Waals surface area contributed by atoms with Crippen molar-refractivity contribution in [2.24, 2.45) is 0 Å². The van der Waals surface area contributed by atoms with E-state index in [0.717, 1.165) is 5.56 Å². The van der Waals surface area contributed by atoms with Crippen LogP contribution in [-0.2, 0) is 11.3 Å². The van der Waals surface area contributed by atoms with Gasteiger partial charge in [0.15, 0.2) is 0 Å². The Morgan fingerprint density at radius 2 is 2.06 bits per heavy atom. The molecule has 0 bridgehead atoms. The number of hydrogen-bond acceptors (Lipinski definition) is 2. The van der Waals surface area contributed by atoms with Crippen molar-refractivity contribution >= 4 is 29.1 Å². The first kappa shape index (κ1) is 13.3. The highest BCUT2D eigenvalue weighted by molar-refractivity contribution is 6.42. The molecule has 5 heteroatoms. The summed E-state index contributed by atoms with van der Waals surface area (Å²) in [5.41, 5.74) is 0.999. The van der Waals surface area contributed by atoms with E-state index in [-0.39, 0.29) is 5.91 Å². The van der Waals surface area contributed by atoms with Gasteiger partial charge in [-0.1, -0.05) is 29.3 Å². The monoisotopic (exact) mass is 260 g/mol. The van der Waals surface area contributed by atoms with E-state index in [4.69, 9.17) is 23.2 Å². The van der Waals surface area contributed by atoms with Gasteiger partial charge in [-0.2, -0.15) is 0 Å². The number of nitrogens with one attached hydrogen (secondary N) is 2. The lowest BCUT2D eigenvalue weighted by atomic mass is 10.2. The smallest absolute Gasteiger partial charge is 0.233 e. The minimum Gasteiger partial charge on any atom is -0.355 e. The third kappa shape index (κ3) is 4.39. The molecule has 1 amide bonds. The Kier molecular flexibility index (Phi) is 5.60. The molecular formula is C11H14Cl2N2O. The summed E-state index contributed by atoms with van der Waals surface area (Å²) >= 11 is 11.7. The van der Waals surface area contributed by atoms with Gasteiger partial charge in [0.05, 0.1) is 16.6 Å². The molecule has 0 saturated heterocycles. The van der Waals surface area contributed by atoms with Crippen molar-refractivity contribution in [1.29, 1.82) is 0 Å². The lowest BCUT2D eigenvalue weighted by Gasteiger charge is -2.06. The van der Waals surface area contributed by atoms with Crippen LogP contribution in [0.1, 0.15) is 12.5 Å². The summed E-state index contributed by atoms with van der Waals surface area (Å²) in [5, 5.41) is 6.79. The Morgan fingerprint density at radius 3 is 2.69 bits per heavy atom. The Labute approximate surface area is 105 Å². The molecule has 16 heavy (non-hydrogen) atoms. The molecule has 0 aromatic heterocycles. The SMILES string of the molecule is CCNC(=O)CNCc1ccc(Cl)c(Cl)c1. The number of benzene rings is 1. The Bertz CT molecular complexity index is 369. The molecule has 0 saturated carbocycles. The lowest BCUT2D eigenvalue weighted by molar-refractivity contribution is -0.120. The number of carbonyl (C=O) groups excluding carboxylic acids is 1. The largest absolute Gasteiger partial charge is 0.355 e. The van der Waals surface area contributed by atoms with Crippen molar-refractivity contribution in [2.45, 2.75) is 13.5 Å². The molecule has 0 unspecified atom stereocenters. The third-order valence-electron chi connectivity index (χ3n) is 1.97. The van der Waals surface area contributed by atoms with E-state index < -0.39 is 0 Å². The number of rotatable bonds is 5. The van der Waals surface area contributed by atoms with Gasteiger partial charge in [-0.25, -0.2) is 0 Å². The van der Waals surface area contributed by atoms with Crippen molar-refractivity contribution in [1.82, 2.24) is 10.6 Å². The Balaban J connectivity index is 2.37. The van der Waals surface area contributed by atoms with E-state index >= 15 is 0 Å². The minimum atomic E-state index is -0.0115. The third-order valence-corrected chi connectivity index (χ3v) is 2.71. The zero-order valence-corrected chi connectivity index (χ0v) is 10.5. The number of likely N-dealkylation sites (N-methyl/N-ethyl adjacent to an activating group) is 1. The van der Waals surface area contributed by atoms with Gasteiger partial charge < -0.3 is 10.6 Å². The molecule has 88 valence electrons. The lowest BCUT2D eigenvalue weighted by Crippen LogP contribution is -2.33. The molecule has 0 heterocycles. The van der Waals surface area contributed by atoms with Gasteiger partial charge in [0.25, 0.3) is 0 Å². The van der Waals surface area contributed by atoms with Crippen molar-refractivity contribution in [3.8, 4) is 0 Å². The van der Waals surface area contributed by atoms with Gasteiger partial charge in [-0.05, 0) is 24.6 Å². The second kappa shape index (κ2) is 6.74. The minimum absolute atomic E-state index is 0.0115. The molecule has 0 fully saturated rings. The molecule has 0 radical (unpaired) electrons. The summed E-state index contributed by atoms with van der Waals surface area (Å²) in [4.78, 5) is 11.1. The molecule has 0 atom stereocenters. The zero-order valence-electron chi connectivity index (χ0n) is 9.02. The molecule has 3 nitrogen and oxygen atoms in total. The highest BCUT2D eigenvalue weighted by Gasteiger charge is 2.01. The topological polar surface area (TPSA) is 41.1 Å². The van der Waals surface area contributed by atoms with E-state index in [1.165, 1.54) is 0 Å². The van der Waals surface area contributed by atoms with Crippen LogP contribution in [0.3, 0.4) is 0 Å². The second-order valence-corrected chi connectivity index (χ2v) is 4.12. The van der Waals surface area contributed by atoms with Crippen LogP contribution in [0.4, 0.5) is 0 Å². The van der Waals surface area contributed by atoms with Crippen LogP contribution in [-0.4, -0.2) is 19.0 Å². The number of halogens is 2. The van der Waals surface area contributed by atoms with Gasteiger partial charge >= 0.3 is 0 Å². The van der Waals surface area contributed by atoms with E-state index in [2.05, 4.69) is 10.6 Å². The second-order valence-electron chi connectivity index (χ2n) is 3.31. The summed E-state index contributed by atoms with van der Waals surface area (Å²) in [6.07, 6.45) is 0. The Hall–Kier alpha value is -0.770. The predicted molar refractivity (Wildman–Crippen MR) is 66.9 cm³/mol. The predicted octanol–water partition coefficient (Wildman–Crippen LogP) is 2.22. The van der Waals surface area contributed by atoms with Gasteiger partial charge in [-0.3, -0.25) is 4.79 Å². The van der Waals surface area contributed by atoms with E-state index in [0.29, 0.717) is 29.7 Å². The van der Waals surface area contributed by atoms with E-state index in [9.17, 15) is 4.79 Å². The molecule has 0 spiro atoms. The molecule has 0 aliphatic rings. The maximum absolute atomic E-state index is 11.1. The summed E-state index contributed by atoms with van der Waals surface area (Å²) in [5.74, 6) is -0.0115. The standard InChI is InChI=1S/C11H14Cl2N2O/c1-2-15-11(16)7-14-6-8-3-4-9(12)10(13)5-8/h3-5,14H,2,6-7H2,1H3,(H,15,16). The van der Waals surface area contributed by atoms with Crippen LogP contribution in [0.25, 0.3) is 0 Å². The average Bonchev–Trinajstić information content (AvgIpc) is 2.24.